The molecule has 0 aliphatic rings. The van der Waals surface area contributed by atoms with E-state index in [0.29, 0.717) is 11.3 Å². The van der Waals surface area contributed by atoms with Crippen LogP contribution in [0.15, 0.2) is 67.0 Å². The average Bonchev–Trinajstić information content (AvgIpc) is 2.61. The lowest BCUT2D eigenvalue weighted by Crippen LogP contribution is -2.23. The monoisotopic (exact) mass is 307 g/mol. The summed E-state index contributed by atoms with van der Waals surface area (Å²) in [6.07, 6.45) is 3.21. The van der Waals surface area contributed by atoms with E-state index in [9.17, 15) is 9.18 Å². The summed E-state index contributed by atoms with van der Waals surface area (Å²) in [4.78, 5) is 20.0. The second-order valence-electron chi connectivity index (χ2n) is 4.96. The van der Waals surface area contributed by atoms with Crippen LogP contribution >= 0.6 is 0 Å². The molecular formula is C18H14FN3O. The molecule has 0 radical (unpaired) electrons. The maximum atomic E-state index is 13.0. The molecule has 2 aromatic heterocycles. The lowest BCUT2D eigenvalue weighted by Gasteiger charge is -2.07. The van der Waals surface area contributed by atoms with E-state index in [1.807, 2.05) is 30.3 Å². The minimum atomic E-state index is -0.565. The van der Waals surface area contributed by atoms with E-state index in [2.05, 4.69) is 15.3 Å². The van der Waals surface area contributed by atoms with Crippen LogP contribution in [0.4, 0.5) is 4.39 Å². The summed E-state index contributed by atoms with van der Waals surface area (Å²) in [6, 6.07) is 15.9. The van der Waals surface area contributed by atoms with Crippen molar-refractivity contribution in [3.63, 3.8) is 0 Å². The molecule has 0 unspecified atom stereocenters. The van der Waals surface area contributed by atoms with Crippen LogP contribution in [-0.2, 0) is 6.54 Å². The molecule has 0 spiro atoms. The molecule has 3 aromatic rings. The number of nitrogens with one attached hydrogen (secondary N) is 1. The first-order valence-corrected chi connectivity index (χ1v) is 7.12. The number of aromatic nitrogens is 2. The zero-order valence-electron chi connectivity index (χ0n) is 12.2. The Kier molecular flexibility index (Phi) is 4.38. The fraction of sp³-hybridized carbons (Fsp3) is 0.0556. The van der Waals surface area contributed by atoms with Crippen molar-refractivity contribution in [2.24, 2.45) is 0 Å². The first-order chi connectivity index (χ1) is 11.2. The van der Waals surface area contributed by atoms with Crippen molar-refractivity contribution in [2.75, 3.05) is 0 Å². The number of amides is 1. The van der Waals surface area contributed by atoms with Gasteiger partial charge in [-0.05, 0) is 23.8 Å². The number of nitrogens with zero attached hydrogens (tertiary/aromatic N) is 2. The molecule has 1 aromatic carbocycles. The number of carbonyl (C=O) groups is 1. The Balaban J connectivity index is 1.73. The summed E-state index contributed by atoms with van der Waals surface area (Å²) in [5, 5.41) is 2.71. The molecule has 1 amide bonds. The highest BCUT2D eigenvalue weighted by Crippen LogP contribution is 2.18. The fourth-order valence-corrected chi connectivity index (χ4v) is 2.17. The molecule has 1 N–H and O–H groups in total. The Morgan fingerprint density at radius 1 is 1.00 bits per heavy atom. The zero-order chi connectivity index (χ0) is 16.1. The van der Waals surface area contributed by atoms with Gasteiger partial charge in [-0.25, -0.2) is 4.98 Å². The van der Waals surface area contributed by atoms with E-state index in [4.69, 9.17) is 0 Å². The van der Waals surface area contributed by atoms with E-state index in [1.165, 1.54) is 12.3 Å². The van der Waals surface area contributed by atoms with Crippen LogP contribution < -0.4 is 5.32 Å². The Morgan fingerprint density at radius 2 is 1.83 bits per heavy atom. The van der Waals surface area contributed by atoms with Crippen LogP contribution in [-0.4, -0.2) is 15.9 Å². The third-order valence-electron chi connectivity index (χ3n) is 3.31. The first kappa shape index (κ1) is 14.8. The molecule has 0 bridgehead atoms. The standard InChI is InChI=1S/C18H14FN3O/c19-17-8-4-7-16(22-17)12-21-18(23)15-9-14(10-20-11-15)13-5-2-1-3-6-13/h1-11H,12H2,(H,21,23). The van der Waals surface area contributed by atoms with Gasteiger partial charge in [-0.1, -0.05) is 36.4 Å². The van der Waals surface area contributed by atoms with Crippen LogP contribution in [0.3, 0.4) is 0 Å². The number of benzene rings is 1. The molecule has 23 heavy (non-hydrogen) atoms. The van der Waals surface area contributed by atoms with Gasteiger partial charge >= 0.3 is 0 Å². The third kappa shape index (κ3) is 3.77. The third-order valence-corrected chi connectivity index (χ3v) is 3.31. The molecule has 3 rings (SSSR count). The van der Waals surface area contributed by atoms with Gasteiger partial charge in [-0.2, -0.15) is 4.39 Å². The van der Waals surface area contributed by atoms with Crippen LogP contribution in [0.25, 0.3) is 11.1 Å². The highest BCUT2D eigenvalue weighted by Gasteiger charge is 2.08. The van der Waals surface area contributed by atoms with Gasteiger partial charge in [0, 0.05) is 18.0 Å². The minimum Gasteiger partial charge on any atom is -0.346 e. The van der Waals surface area contributed by atoms with Crippen molar-refractivity contribution in [2.45, 2.75) is 6.54 Å². The maximum absolute atomic E-state index is 13.0. The molecular weight excluding hydrogens is 293 g/mol. The highest BCUT2D eigenvalue weighted by molar-refractivity contribution is 5.94. The second-order valence-corrected chi connectivity index (χ2v) is 4.96. The first-order valence-electron chi connectivity index (χ1n) is 7.12. The van der Waals surface area contributed by atoms with Gasteiger partial charge in [-0.3, -0.25) is 9.78 Å². The van der Waals surface area contributed by atoms with Crippen molar-refractivity contribution in [3.8, 4) is 11.1 Å². The predicted molar refractivity (Wildman–Crippen MR) is 85.0 cm³/mol. The lowest BCUT2D eigenvalue weighted by atomic mass is 10.1. The molecule has 0 fully saturated rings. The second kappa shape index (κ2) is 6.79. The topological polar surface area (TPSA) is 54.9 Å². The maximum Gasteiger partial charge on any atom is 0.253 e. The summed E-state index contributed by atoms with van der Waals surface area (Å²) >= 11 is 0. The number of rotatable bonds is 4. The van der Waals surface area contributed by atoms with Crippen molar-refractivity contribution in [3.05, 3.63) is 84.2 Å². The summed E-state index contributed by atoms with van der Waals surface area (Å²) in [5.74, 6) is -0.842. The number of halogens is 1. The number of pyridine rings is 2. The Morgan fingerprint density at radius 3 is 2.61 bits per heavy atom. The Hall–Kier alpha value is -3.08. The summed E-state index contributed by atoms with van der Waals surface area (Å²) in [7, 11) is 0. The van der Waals surface area contributed by atoms with Crippen molar-refractivity contribution >= 4 is 5.91 Å². The van der Waals surface area contributed by atoms with Gasteiger partial charge in [0.25, 0.3) is 5.91 Å². The van der Waals surface area contributed by atoms with E-state index in [0.717, 1.165) is 11.1 Å². The van der Waals surface area contributed by atoms with Crippen molar-refractivity contribution in [1.82, 2.24) is 15.3 Å². The average molecular weight is 307 g/mol. The van der Waals surface area contributed by atoms with Crippen LogP contribution in [0.1, 0.15) is 16.1 Å². The highest BCUT2D eigenvalue weighted by atomic mass is 19.1. The summed E-state index contributed by atoms with van der Waals surface area (Å²) in [6.45, 7) is 0.159. The van der Waals surface area contributed by atoms with E-state index >= 15 is 0 Å². The lowest BCUT2D eigenvalue weighted by molar-refractivity contribution is 0.0950. The molecule has 4 nitrogen and oxygen atoms in total. The molecule has 0 aliphatic carbocycles. The molecule has 114 valence electrons. The van der Waals surface area contributed by atoms with Crippen LogP contribution in [0.5, 0.6) is 0 Å². The van der Waals surface area contributed by atoms with Gasteiger partial charge < -0.3 is 5.32 Å². The van der Waals surface area contributed by atoms with Crippen molar-refractivity contribution in [1.29, 1.82) is 0 Å². The molecule has 0 saturated heterocycles. The number of hydrogen-bond donors (Lipinski definition) is 1. The molecule has 2 heterocycles. The predicted octanol–water partition coefficient (Wildman–Crippen LogP) is 3.21. The van der Waals surface area contributed by atoms with Crippen molar-refractivity contribution < 1.29 is 9.18 Å². The zero-order valence-corrected chi connectivity index (χ0v) is 12.2. The molecule has 0 atom stereocenters. The van der Waals surface area contributed by atoms with Gasteiger partial charge in [-0.15, -0.1) is 0 Å². The number of carbonyl (C=O) groups excluding carboxylic acids is 1. The van der Waals surface area contributed by atoms with Gasteiger partial charge in [0.2, 0.25) is 5.95 Å². The number of hydrogen-bond acceptors (Lipinski definition) is 3. The smallest absolute Gasteiger partial charge is 0.253 e. The minimum absolute atomic E-state index is 0.159. The van der Waals surface area contributed by atoms with Gasteiger partial charge in [0.1, 0.15) is 0 Å². The van der Waals surface area contributed by atoms with E-state index in [1.54, 1.807) is 24.4 Å². The summed E-state index contributed by atoms with van der Waals surface area (Å²) in [5.41, 5.74) is 2.76. The largest absolute Gasteiger partial charge is 0.346 e. The van der Waals surface area contributed by atoms with Crippen LogP contribution in [0, 0.1) is 5.95 Å². The molecule has 0 aliphatic heterocycles. The SMILES string of the molecule is O=C(NCc1cccc(F)n1)c1cncc(-c2ccccc2)c1. The van der Waals surface area contributed by atoms with Gasteiger partial charge in [0.05, 0.1) is 17.8 Å². The quantitative estimate of drug-likeness (QED) is 0.753. The van der Waals surface area contributed by atoms with E-state index in [-0.39, 0.29) is 12.5 Å². The summed E-state index contributed by atoms with van der Waals surface area (Å²) < 4.78 is 13.0. The Bertz CT molecular complexity index is 821. The fourth-order valence-electron chi connectivity index (χ4n) is 2.17. The normalized spacial score (nSPS) is 10.3. The Labute approximate surface area is 133 Å². The molecule has 5 heteroatoms. The van der Waals surface area contributed by atoms with E-state index < -0.39 is 5.95 Å². The van der Waals surface area contributed by atoms with Gasteiger partial charge in [0.15, 0.2) is 0 Å². The van der Waals surface area contributed by atoms with Crippen LogP contribution in [0.2, 0.25) is 0 Å². The molecule has 0 saturated carbocycles.